The minimum Gasteiger partial charge on any atom is -0.350 e. The summed E-state index contributed by atoms with van der Waals surface area (Å²) in [5.74, 6) is -0.594. The molecule has 2 aromatic carbocycles. The number of hydrogen-bond acceptors (Lipinski definition) is 3. The SMILES string of the molecule is CC(C)C(=O)N(Cc1ccc(Cl)cc1)C(C(=O)NCc1cccnc1)c1ccccc1. The summed E-state index contributed by atoms with van der Waals surface area (Å²) in [5, 5.41) is 3.60. The highest BCUT2D eigenvalue weighted by Gasteiger charge is 2.32. The lowest BCUT2D eigenvalue weighted by molar-refractivity contribution is -0.144. The molecule has 6 heteroatoms. The van der Waals surface area contributed by atoms with Gasteiger partial charge in [0.15, 0.2) is 0 Å². The number of carbonyl (C=O) groups excluding carboxylic acids is 2. The summed E-state index contributed by atoms with van der Waals surface area (Å²) in [4.78, 5) is 32.3. The van der Waals surface area contributed by atoms with Crippen molar-refractivity contribution in [3.05, 3.63) is 101 Å². The van der Waals surface area contributed by atoms with E-state index in [9.17, 15) is 9.59 Å². The Hall–Kier alpha value is -3.18. The number of hydrogen-bond donors (Lipinski definition) is 1. The Morgan fingerprint density at radius 3 is 2.29 bits per heavy atom. The van der Waals surface area contributed by atoms with Gasteiger partial charge in [-0.3, -0.25) is 14.6 Å². The molecule has 1 heterocycles. The topological polar surface area (TPSA) is 62.3 Å². The van der Waals surface area contributed by atoms with E-state index in [1.807, 2.05) is 68.4 Å². The number of nitrogens with zero attached hydrogens (tertiary/aromatic N) is 2. The molecule has 0 aliphatic carbocycles. The Balaban J connectivity index is 1.93. The highest BCUT2D eigenvalue weighted by Crippen LogP contribution is 2.26. The largest absolute Gasteiger partial charge is 0.350 e. The molecule has 0 aliphatic heterocycles. The van der Waals surface area contributed by atoms with Crippen LogP contribution in [0.4, 0.5) is 0 Å². The zero-order valence-electron chi connectivity index (χ0n) is 17.7. The number of rotatable bonds is 8. The van der Waals surface area contributed by atoms with Crippen LogP contribution < -0.4 is 5.32 Å². The van der Waals surface area contributed by atoms with Crippen molar-refractivity contribution < 1.29 is 9.59 Å². The predicted octanol–water partition coefficient (Wildman–Crippen LogP) is 4.78. The molecule has 1 N–H and O–H groups in total. The van der Waals surface area contributed by atoms with Gasteiger partial charge in [0.1, 0.15) is 6.04 Å². The fourth-order valence-corrected chi connectivity index (χ4v) is 3.44. The van der Waals surface area contributed by atoms with E-state index in [0.29, 0.717) is 18.1 Å². The van der Waals surface area contributed by atoms with Gasteiger partial charge in [-0.05, 0) is 34.9 Å². The third-order valence-corrected chi connectivity index (χ3v) is 5.16. The molecule has 0 saturated carbocycles. The van der Waals surface area contributed by atoms with Crippen LogP contribution in [-0.4, -0.2) is 21.7 Å². The van der Waals surface area contributed by atoms with Gasteiger partial charge in [0.05, 0.1) is 0 Å². The minimum absolute atomic E-state index is 0.0969. The summed E-state index contributed by atoms with van der Waals surface area (Å²) < 4.78 is 0. The first-order valence-electron chi connectivity index (χ1n) is 10.2. The third kappa shape index (κ3) is 6.15. The maximum atomic E-state index is 13.4. The Bertz CT molecular complexity index is 992. The van der Waals surface area contributed by atoms with Gasteiger partial charge in [-0.1, -0.05) is 74.0 Å². The van der Waals surface area contributed by atoms with Gasteiger partial charge in [-0.2, -0.15) is 0 Å². The Labute approximate surface area is 188 Å². The average Bonchev–Trinajstić information content (AvgIpc) is 2.79. The van der Waals surface area contributed by atoms with Gasteiger partial charge in [-0.15, -0.1) is 0 Å². The summed E-state index contributed by atoms with van der Waals surface area (Å²) in [6.07, 6.45) is 3.40. The molecule has 5 nitrogen and oxygen atoms in total. The highest BCUT2D eigenvalue weighted by molar-refractivity contribution is 6.30. The summed E-state index contributed by atoms with van der Waals surface area (Å²) in [6, 6.07) is 19.7. The molecule has 1 atom stereocenters. The summed E-state index contributed by atoms with van der Waals surface area (Å²) in [5.41, 5.74) is 2.55. The van der Waals surface area contributed by atoms with Crippen LogP contribution in [0.25, 0.3) is 0 Å². The first-order chi connectivity index (χ1) is 15.0. The molecule has 3 aromatic rings. The second-order valence-corrected chi connectivity index (χ2v) is 8.08. The van der Waals surface area contributed by atoms with E-state index in [4.69, 9.17) is 11.6 Å². The van der Waals surface area contributed by atoms with Gasteiger partial charge in [0.25, 0.3) is 0 Å². The van der Waals surface area contributed by atoms with E-state index < -0.39 is 6.04 Å². The molecule has 0 aliphatic rings. The molecule has 0 bridgehead atoms. The number of nitrogens with one attached hydrogen (secondary N) is 1. The molecule has 0 radical (unpaired) electrons. The number of benzene rings is 2. The van der Waals surface area contributed by atoms with Crippen LogP contribution in [0.5, 0.6) is 0 Å². The quantitative estimate of drug-likeness (QED) is 0.554. The van der Waals surface area contributed by atoms with Crippen LogP contribution in [0, 0.1) is 5.92 Å². The molecule has 0 spiro atoms. The zero-order valence-corrected chi connectivity index (χ0v) is 18.4. The maximum absolute atomic E-state index is 13.4. The van der Waals surface area contributed by atoms with Gasteiger partial charge < -0.3 is 10.2 Å². The number of pyridine rings is 1. The minimum atomic E-state index is -0.761. The van der Waals surface area contributed by atoms with Gasteiger partial charge >= 0.3 is 0 Å². The monoisotopic (exact) mass is 435 g/mol. The maximum Gasteiger partial charge on any atom is 0.247 e. The molecule has 0 fully saturated rings. The van der Waals surface area contributed by atoms with Crippen molar-refractivity contribution in [3.8, 4) is 0 Å². The lowest BCUT2D eigenvalue weighted by atomic mass is 10.0. The number of halogens is 1. The van der Waals surface area contributed by atoms with E-state index in [2.05, 4.69) is 10.3 Å². The molecule has 1 aromatic heterocycles. The van der Waals surface area contributed by atoms with Crippen molar-refractivity contribution in [2.45, 2.75) is 33.0 Å². The fraction of sp³-hybridized carbons (Fsp3) is 0.240. The van der Waals surface area contributed by atoms with Crippen molar-refractivity contribution in [3.63, 3.8) is 0 Å². The van der Waals surface area contributed by atoms with E-state index >= 15 is 0 Å². The average molecular weight is 436 g/mol. The standard InChI is InChI=1S/C25H26ClN3O2/c1-18(2)25(31)29(17-19-10-12-22(26)13-11-19)23(21-8-4-3-5-9-21)24(30)28-16-20-7-6-14-27-15-20/h3-15,18,23H,16-17H2,1-2H3,(H,28,30). The number of carbonyl (C=O) groups is 2. The van der Waals surface area contributed by atoms with Crippen LogP contribution in [0.3, 0.4) is 0 Å². The Kier molecular flexibility index (Phi) is 7.79. The molecule has 1 unspecified atom stereocenters. The molecular weight excluding hydrogens is 410 g/mol. The smallest absolute Gasteiger partial charge is 0.247 e. The second-order valence-electron chi connectivity index (χ2n) is 7.64. The first-order valence-corrected chi connectivity index (χ1v) is 10.6. The van der Waals surface area contributed by atoms with Crippen molar-refractivity contribution in [1.29, 1.82) is 0 Å². The van der Waals surface area contributed by atoms with Crippen LogP contribution in [0.1, 0.15) is 36.6 Å². The summed E-state index contributed by atoms with van der Waals surface area (Å²) in [6.45, 7) is 4.31. The van der Waals surface area contributed by atoms with Crippen molar-refractivity contribution in [2.75, 3.05) is 0 Å². The molecule has 3 rings (SSSR count). The molecule has 160 valence electrons. The number of amides is 2. The fourth-order valence-electron chi connectivity index (χ4n) is 3.31. The van der Waals surface area contributed by atoms with Gasteiger partial charge in [-0.25, -0.2) is 0 Å². The van der Waals surface area contributed by atoms with Crippen LogP contribution in [-0.2, 0) is 22.7 Å². The number of aromatic nitrogens is 1. The van der Waals surface area contributed by atoms with E-state index in [-0.39, 0.29) is 17.7 Å². The van der Waals surface area contributed by atoms with Crippen molar-refractivity contribution in [1.82, 2.24) is 15.2 Å². The van der Waals surface area contributed by atoms with E-state index in [1.165, 1.54) is 0 Å². The lowest BCUT2D eigenvalue weighted by Gasteiger charge is -2.33. The van der Waals surface area contributed by atoms with Crippen LogP contribution in [0.15, 0.2) is 79.1 Å². The van der Waals surface area contributed by atoms with Gasteiger partial charge in [0.2, 0.25) is 11.8 Å². The third-order valence-electron chi connectivity index (χ3n) is 4.91. The van der Waals surface area contributed by atoms with Crippen LogP contribution >= 0.6 is 11.6 Å². The van der Waals surface area contributed by atoms with Crippen molar-refractivity contribution >= 4 is 23.4 Å². The first kappa shape index (κ1) is 22.5. The van der Waals surface area contributed by atoms with E-state index in [1.54, 1.807) is 29.4 Å². The summed E-state index contributed by atoms with van der Waals surface area (Å²) >= 11 is 6.02. The Morgan fingerprint density at radius 1 is 0.968 bits per heavy atom. The lowest BCUT2D eigenvalue weighted by Crippen LogP contribution is -2.44. The molecule has 2 amide bonds. The van der Waals surface area contributed by atoms with Crippen molar-refractivity contribution in [2.24, 2.45) is 5.92 Å². The predicted molar refractivity (Wildman–Crippen MR) is 122 cm³/mol. The molecule has 31 heavy (non-hydrogen) atoms. The normalized spacial score (nSPS) is 11.7. The molecule has 0 saturated heterocycles. The summed E-state index contributed by atoms with van der Waals surface area (Å²) in [7, 11) is 0. The highest BCUT2D eigenvalue weighted by atomic mass is 35.5. The Morgan fingerprint density at radius 2 is 1.68 bits per heavy atom. The van der Waals surface area contributed by atoms with Crippen LogP contribution in [0.2, 0.25) is 5.02 Å². The second kappa shape index (κ2) is 10.7. The zero-order chi connectivity index (χ0) is 22.2. The molecular formula is C25H26ClN3O2. The van der Waals surface area contributed by atoms with Gasteiger partial charge in [0, 0.05) is 36.4 Å². The van der Waals surface area contributed by atoms with E-state index in [0.717, 1.165) is 16.7 Å².